The Labute approximate surface area is 131 Å². The summed E-state index contributed by atoms with van der Waals surface area (Å²) in [6, 6.07) is 2.27. The first-order valence-electron chi connectivity index (χ1n) is 7.94. The van der Waals surface area contributed by atoms with Crippen molar-refractivity contribution in [1.82, 2.24) is 4.98 Å². The van der Waals surface area contributed by atoms with E-state index in [0.717, 1.165) is 38.3 Å². The second-order valence-corrected chi connectivity index (χ2v) is 5.73. The highest BCUT2D eigenvalue weighted by Crippen LogP contribution is 2.46. The average molecular weight is 306 g/mol. The van der Waals surface area contributed by atoms with Crippen molar-refractivity contribution in [2.45, 2.75) is 58.0 Å². The molecule has 22 heavy (non-hydrogen) atoms. The minimum atomic E-state index is -0.539. The zero-order valence-electron chi connectivity index (χ0n) is 13.4. The highest BCUT2D eigenvalue weighted by molar-refractivity contribution is 5.47. The molecule has 1 saturated carbocycles. The van der Waals surface area contributed by atoms with Crippen LogP contribution in [0.2, 0.25) is 0 Å². The molecule has 0 saturated heterocycles. The lowest BCUT2D eigenvalue weighted by Crippen LogP contribution is -2.17. The lowest BCUT2D eigenvalue weighted by molar-refractivity contribution is 0.169. The fourth-order valence-electron chi connectivity index (χ4n) is 2.65. The maximum atomic E-state index is 14.2. The van der Waals surface area contributed by atoms with Crippen LogP contribution in [0.5, 0.6) is 11.5 Å². The number of methoxy groups -OCH3 is 1. The van der Waals surface area contributed by atoms with Gasteiger partial charge in [-0.05, 0) is 31.6 Å². The quantitative estimate of drug-likeness (QED) is 0.722. The van der Waals surface area contributed by atoms with Gasteiger partial charge in [-0.3, -0.25) is 4.98 Å². The summed E-state index contributed by atoms with van der Waals surface area (Å²) in [6.07, 6.45) is 5.68. The number of aromatic nitrogens is 1. The van der Waals surface area contributed by atoms with Crippen molar-refractivity contribution in [3.8, 4) is 17.6 Å². The summed E-state index contributed by atoms with van der Waals surface area (Å²) in [5.41, 5.74) is 0.496. The third-order valence-corrected chi connectivity index (χ3v) is 4.05. The number of hydrogen-bond donors (Lipinski definition) is 0. The molecule has 5 heteroatoms. The molecule has 0 spiro atoms. The van der Waals surface area contributed by atoms with E-state index >= 15 is 0 Å². The zero-order chi connectivity index (χ0) is 16.1. The molecule has 2 unspecified atom stereocenters. The number of nitrogens with zero attached hydrogens (tertiary/aromatic N) is 2. The van der Waals surface area contributed by atoms with Gasteiger partial charge in [-0.1, -0.05) is 20.3 Å². The van der Waals surface area contributed by atoms with E-state index < -0.39 is 5.82 Å². The van der Waals surface area contributed by atoms with Crippen LogP contribution in [0.3, 0.4) is 0 Å². The molecule has 1 aromatic heterocycles. The molecule has 0 radical (unpaired) electrons. The summed E-state index contributed by atoms with van der Waals surface area (Å²) in [4.78, 5) is 4.12. The fourth-order valence-corrected chi connectivity index (χ4v) is 2.65. The van der Waals surface area contributed by atoms with Gasteiger partial charge >= 0.3 is 0 Å². The van der Waals surface area contributed by atoms with Crippen LogP contribution in [-0.4, -0.2) is 18.2 Å². The molecule has 4 nitrogen and oxygen atoms in total. The molecular formula is C17H23FN2O2. The minimum Gasteiger partial charge on any atom is -0.491 e. The molecule has 120 valence electrons. The van der Waals surface area contributed by atoms with Gasteiger partial charge in [0.2, 0.25) is 5.75 Å². The molecule has 2 atom stereocenters. The summed E-state index contributed by atoms with van der Waals surface area (Å²) >= 11 is 0. The van der Waals surface area contributed by atoms with E-state index in [2.05, 4.69) is 18.0 Å². The second kappa shape index (κ2) is 7.44. The van der Waals surface area contributed by atoms with Crippen LogP contribution >= 0.6 is 0 Å². The smallest absolute Gasteiger partial charge is 0.201 e. The topological polar surface area (TPSA) is 55.1 Å². The SMILES string of the molecule is CCCC(CC)Oc1c(F)cnc(C(C#N)C2CC2)c1OC. The zero-order valence-corrected chi connectivity index (χ0v) is 13.4. The first-order valence-corrected chi connectivity index (χ1v) is 7.94. The van der Waals surface area contributed by atoms with Crippen molar-refractivity contribution in [1.29, 1.82) is 5.26 Å². The first kappa shape index (κ1) is 16.5. The van der Waals surface area contributed by atoms with Gasteiger partial charge in [0, 0.05) is 0 Å². The van der Waals surface area contributed by atoms with Gasteiger partial charge in [0.15, 0.2) is 11.6 Å². The summed E-state index contributed by atoms with van der Waals surface area (Å²) in [6.45, 7) is 4.07. The van der Waals surface area contributed by atoms with Crippen LogP contribution in [0, 0.1) is 23.1 Å². The number of hydrogen-bond acceptors (Lipinski definition) is 4. The predicted octanol–water partition coefficient (Wildman–Crippen LogP) is 4.20. The average Bonchev–Trinajstić information content (AvgIpc) is 3.35. The summed E-state index contributed by atoms with van der Waals surface area (Å²) in [5.74, 6) is -0.240. The van der Waals surface area contributed by atoms with Crippen molar-refractivity contribution in [3.05, 3.63) is 17.7 Å². The van der Waals surface area contributed by atoms with Gasteiger partial charge < -0.3 is 9.47 Å². The third-order valence-electron chi connectivity index (χ3n) is 4.05. The maximum absolute atomic E-state index is 14.2. The number of ether oxygens (including phenoxy) is 2. The Balaban J connectivity index is 2.37. The number of pyridine rings is 1. The summed E-state index contributed by atoms with van der Waals surface area (Å²) in [5, 5.41) is 9.40. The van der Waals surface area contributed by atoms with Crippen LogP contribution in [0.4, 0.5) is 4.39 Å². The molecule has 0 bridgehead atoms. The third kappa shape index (κ3) is 3.49. The Morgan fingerprint density at radius 3 is 2.64 bits per heavy atom. The van der Waals surface area contributed by atoms with Gasteiger partial charge in [0.1, 0.15) is 5.69 Å². The van der Waals surface area contributed by atoms with Crippen molar-refractivity contribution in [2.24, 2.45) is 5.92 Å². The van der Waals surface area contributed by atoms with Crippen LogP contribution in [0.1, 0.15) is 57.6 Å². The van der Waals surface area contributed by atoms with E-state index in [-0.39, 0.29) is 23.5 Å². The van der Waals surface area contributed by atoms with Crippen LogP contribution in [0.15, 0.2) is 6.20 Å². The highest BCUT2D eigenvalue weighted by atomic mass is 19.1. The van der Waals surface area contributed by atoms with E-state index in [1.165, 1.54) is 7.11 Å². The molecule has 0 amide bonds. The van der Waals surface area contributed by atoms with E-state index in [4.69, 9.17) is 9.47 Å². The van der Waals surface area contributed by atoms with E-state index in [9.17, 15) is 9.65 Å². The number of rotatable bonds is 8. The molecule has 1 heterocycles. The van der Waals surface area contributed by atoms with Crippen molar-refractivity contribution in [3.63, 3.8) is 0 Å². The minimum absolute atomic E-state index is 0.0647. The van der Waals surface area contributed by atoms with Crippen LogP contribution in [0.25, 0.3) is 0 Å². The number of halogens is 1. The summed E-state index contributed by atoms with van der Waals surface area (Å²) in [7, 11) is 1.47. The Morgan fingerprint density at radius 2 is 2.14 bits per heavy atom. The Hall–Kier alpha value is -1.83. The number of nitriles is 1. The maximum Gasteiger partial charge on any atom is 0.201 e. The van der Waals surface area contributed by atoms with Crippen LogP contribution < -0.4 is 9.47 Å². The Bertz CT molecular complexity index is 552. The normalized spacial score (nSPS) is 16.7. The lowest BCUT2D eigenvalue weighted by Gasteiger charge is -2.21. The molecule has 1 aliphatic rings. The standard InChI is InChI=1S/C17H23FN2O2/c1-4-6-12(5-2)22-16-14(18)10-20-15(17(16)21-3)13(9-19)11-7-8-11/h10-13H,4-8H2,1-3H3. The molecule has 0 N–H and O–H groups in total. The molecule has 0 aromatic carbocycles. The fraction of sp³-hybridized carbons (Fsp3) is 0.647. The van der Waals surface area contributed by atoms with Crippen molar-refractivity contribution < 1.29 is 13.9 Å². The second-order valence-electron chi connectivity index (χ2n) is 5.73. The molecular weight excluding hydrogens is 283 g/mol. The van der Waals surface area contributed by atoms with Gasteiger partial charge in [-0.15, -0.1) is 0 Å². The summed E-state index contributed by atoms with van der Waals surface area (Å²) < 4.78 is 25.4. The highest BCUT2D eigenvalue weighted by Gasteiger charge is 2.36. The lowest BCUT2D eigenvalue weighted by atomic mass is 9.99. The Kier molecular flexibility index (Phi) is 5.59. The predicted molar refractivity (Wildman–Crippen MR) is 81.4 cm³/mol. The molecule has 0 aliphatic heterocycles. The Morgan fingerprint density at radius 1 is 1.41 bits per heavy atom. The van der Waals surface area contributed by atoms with Gasteiger partial charge in [0.25, 0.3) is 0 Å². The van der Waals surface area contributed by atoms with E-state index in [1.807, 2.05) is 6.92 Å². The molecule has 1 fully saturated rings. The monoisotopic (exact) mass is 306 g/mol. The molecule has 1 aromatic rings. The van der Waals surface area contributed by atoms with Crippen molar-refractivity contribution in [2.75, 3.05) is 7.11 Å². The molecule has 1 aliphatic carbocycles. The first-order chi connectivity index (χ1) is 10.7. The van der Waals surface area contributed by atoms with Gasteiger partial charge in [-0.2, -0.15) is 5.26 Å². The largest absolute Gasteiger partial charge is 0.491 e. The van der Waals surface area contributed by atoms with Crippen LogP contribution in [-0.2, 0) is 0 Å². The molecule has 2 rings (SSSR count). The van der Waals surface area contributed by atoms with E-state index in [1.54, 1.807) is 0 Å². The van der Waals surface area contributed by atoms with E-state index in [0.29, 0.717) is 11.6 Å². The van der Waals surface area contributed by atoms with Gasteiger partial charge in [-0.25, -0.2) is 4.39 Å². The van der Waals surface area contributed by atoms with Crippen molar-refractivity contribution >= 4 is 0 Å². The van der Waals surface area contributed by atoms with Gasteiger partial charge in [0.05, 0.1) is 31.4 Å².